The van der Waals surface area contributed by atoms with Gasteiger partial charge in [0.15, 0.2) is 0 Å². The van der Waals surface area contributed by atoms with E-state index in [9.17, 15) is 13.2 Å². The first kappa shape index (κ1) is 27.7. The summed E-state index contributed by atoms with van der Waals surface area (Å²) in [7, 11) is 0. The SMILES string of the molecule is CCc1ccc(CCC2CCc3c(cc(F)c(C4CCC(c5ccc(OC(F)(F)F)cc5)CC4)c3F)C2)cc1. The molecule has 2 aliphatic carbocycles. The summed E-state index contributed by atoms with van der Waals surface area (Å²) in [5, 5.41) is 0. The van der Waals surface area contributed by atoms with Gasteiger partial charge in [-0.15, -0.1) is 13.2 Å². The third kappa shape index (κ3) is 6.64. The van der Waals surface area contributed by atoms with E-state index in [4.69, 9.17) is 0 Å². The van der Waals surface area contributed by atoms with Crippen molar-refractivity contribution in [2.45, 2.75) is 89.3 Å². The van der Waals surface area contributed by atoms with E-state index < -0.39 is 12.2 Å². The quantitative estimate of drug-likeness (QED) is 0.270. The molecule has 3 aromatic rings. The lowest BCUT2D eigenvalue weighted by Crippen LogP contribution is -2.20. The Bertz CT molecular complexity index is 1260. The predicted molar refractivity (Wildman–Crippen MR) is 143 cm³/mol. The standard InChI is InChI=1S/C33H35F5O/c1-2-21-3-5-22(6-4-21)7-8-23-9-18-29-27(19-23)20-30(34)31(32(29)35)26-12-10-24(11-13-26)25-14-16-28(17-15-25)39-33(36,37)38/h3-6,14-17,20,23-24,26H,2,7-13,18-19H2,1H3. The van der Waals surface area contributed by atoms with Crippen molar-refractivity contribution in [3.05, 3.63) is 99.6 Å². The van der Waals surface area contributed by atoms with Gasteiger partial charge in [0.05, 0.1) is 0 Å². The van der Waals surface area contributed by atoms with Gasteiger partial charge in [-0.1, -0.05) is 43.3 Å². The molecule has 5 rings (SSSR count). The molecule has 1 nitrogen and oxygen atoms in total. The molecule has 0 bridgehead atoms. The molecule has 0 amide bonds. The molecule has 1 fully saturated rings. The highest BCUT2D eigenvalue weighted by atomic mass is 19.4. The first-order valence-corrected chi connectivity index (χ1v) is 14.1. The summed E-state index contributed by atoms with van der Waals surface area (Å²) in [6.45, 7) is 2.14. The summed E-state index contributed by atoms with van der Waals surface area (Å²) in [6.07, 6.45) is 3.37. The molecule has 0 radical (unpaired) electrons. The molecule has 1 atom stereocenters. The molecule has 0 saturated heterocycles. The van der Waals surface area contributed by atoms with E-state index in [2.05, 4.69) is 35.9 Å². The zero-order valence-corrected chi connectivity index (χ0v) is 22.3. The molecular weight excluding hydrogens is 507 g/mol. The second kappa shape index (κ2) is 11.7. The number of hydrogen-bond donors (Lipinski definition) is 0. The lowest BCUT2D eigenvalue weighted by atomic mass is 9.74. The van der Waals surface area contributed by atoms with Crippen LogP contribution in [-0.4, -0.2) is 6.36 Å². The van der Waals surface area contributed by atoms with Gasteiger partial charge in [0.2, 0.25) is 0 Å². The molecule has 0 N–H and O–H groups in total. The average molecular weight is 543 g/mol. The van der Waals surface area contributed by atoms with E-state index >= 15 is 8.78 Å². The lowest BCUT2D eigenvalue weighted by Gasteiger charge is -2.32. The maximum atomic E-state index is 15.7. The van der Waals surface area contributed by atoms with Crippen LogP contribution in [0, 0.1) is 17.6 Å². The van der Waals surface area contributed by atoms with E-state index in [1.54, 1.807) is 18.2 Å². The van der Waals surface area contributed by atoms with Crippen LogP contribution in [0.15, 0.2) is 54.6 Å². The first-order chi connectivity index (χ1) is 18.7. The summed E-state index contributed by atoms with van der Waals surface area (Å²) in [5.41, 5.74) is 5.32. The number of alkyl halides is 3. The van der Waals surface area contributed by atoms with Crippen molar-refractivity contribution in [1.29, 1.82) is 0 Å². The fourth-order valence-electron chi connectivity index (χ4n) is 6.53. The van der Waals surface area contributed by atoms with Gasteiger partial charge in [-0.2, -0.15) is 0 Å². The van der Waals surface area contributed by atoms with Crippen LogP contribution >= 0.6 is 0 Å². The largest absolute Gasteiger partial charge is 0.573 e. The van der Waals surface area contributed by atoms with Gasteiger partial charge in [0.1, 0.15) is 17.4 Å². The molecule has 0 aromatic heterocycles. The molecule has 0 heterocycles. The number of ether oxygens (including phenoxy) is 1. The van der Waals surface area contributed by atoms with Crippen LogP contribution in [0.2, 0.25) is 0 Å². The van der Waals surface area contributed by atoms with Gasteiger partial charge in [-0.25, -0.2) is 8.78 Å². The van der Waals surface area contributed by atoms with Gasteiger partial charge < -0.3 is 4.74 Å². The monoisotopic (exact) mass is 542 g/mol. The fourth-order valence-corrected chi connectivity index (χ4v) is 6.53. The van der Waals surface area contributed by atoms with Gasteiger partial charge in [-0.05, 0) is 128 Å². The highest BCUT2D eigenvalue weighted by Crippen LogP contribution is 2.44. The van der Waals surface area contributed by atoms with E-state index in [1.807, 2.05) is 0 Å². The van der Waals surface area contributed by atoms with Gasteiger partial charge in [0, 0.05) is 5.56 Å². The Labute approximate surface area is 227 Å². The summed E-state index contributed by atoms with van der Waals surface area (Å²) < 4.78 is 72.3. The number of rotatable bonds is 7. The van der Waals surface area contributed by atoms with Crippen molar-refractivity contribution in [1.82, 2.24) is 0 Å². The van der Waals surface area contributed by atoms with Gasteiger partial charge in [0.25, 0.3) is 0 Å². The Kier molecular flexibility index (Phi) is 8.29. The van der Waals surface area contributed by atoms with Crippen molar-refractivity contribution in [3.63, 3.8) is 0 Å². The van der Waals surface area contributed by atoms with Crippen molar-refractivity contribution in [2.24, 2.45) is 5.92 Å². The third-order valence-corrected chi connectivity index (χ3v) is 8.75. The number of aryl methyl sites for hydroxylation is 2. The van der Waals surface area contributed by atoms with Gasteiger partial charge in [-0.3, -0.25) is 0 Å². The Morgan fingerprint density at radius 1 is 0.821 bits per heavy atom. The zero-order valence-electron chi connectivity index (χ0n) is 22.3. The molecule has 39 heavy (non-hydrogen) atoms. The van der Waals surface area contributed by atoms with E-state index in [-0.39, 0.29) is 29.0 Å². The summed E-state index contributed by atoms with van der Waals surface area (Å²) in [6, 6.07) is 16.3. The average Bonchev–Trinajstić information content (AvgIpc) is 2.92. The molecule has 1 unspecified atom stereocenters. The minimum Gasteiger partial charge on any atom is -0.406 e. The molecule has 0 aliphatic heterocycles. The summed E-state index contributed by atoms with van der Waals surface area (Å²) in [4.78, 5) is 0. The molecule has 6 heteroatoms. The fraction of sp³-hybridized carbons (Fsp3) is 0.455. The molecule has 2 aliphatic rings. The topological polar surface area (TPSA) is 9.23 Å². The third-order valence-electron chi connectivity index (χ3n) is 8.75. The van der Waals surface area contributed by atoms with E-state index in [0.717, 1.165) is 56.1 Å². The number of fused-ring (bicyclic) bond motifs is 1. The van der Waals surface area contributed by atoms with Gasteiger partial charge >= 0.3 is 6.36 Å². The predicted octanol–water partition coefficient (Wildman–Crippen LogP) is 9.60. The number of benzene rings is 3. The van der Waals surface area contributed by atoms with Crippen molar-refractivity contribution < 1.29 is 26.7 Å². The van der Waals surface area contributed by atoms with Crippen LogP contribution in [0.4, 0.5) is 22.0 Å². The van der Waals surface area contributed by atoms with Crippen LogP contribution in [0.5, 0.6) is 5.75 Å². The Morgan fingerprint density at radius 2 is 1.46 bits per heavy atom. The van der Waals surface area contributed by atoms with E-state index in [0.29, 0.717) is 30.7 Å². The molecule has 208 valence electrons. The molecular formula is C33H35F5O. The molecule has 3 aromatic carbocycles. The zero-order chi connectivity index (χ0) is 27.6. The summed E-state index contributed by atoms with van der Waals surface area (Å²) >= 11 is 0. The minimum atomic E-state index is -4.72. The normalized spacial score (nSPS) is 21.4. The Hall–Kier alpha value is -2.89. The van der Waals surface area contributed by atoms with Crippen LogP contribution in [0.1, 0.15) is 90.7 Å². The van der Waals surface area contributed by atoms with E-state index in [1.165, 1.54) is 23.3 Å². The summed E-state index contributed by atoms with van der Waals surface area (Å²) in [5.74, 6) is -0.621. The highest BCUT2D eigenvalue weighted by molar-refractivity contribution is 5.39. The smallest absolute Gasteiger partial charge is 0.406 e. The second-order valence-electron chi connectivity index (χ2n) is 11.2. The van der Waals surface area contributed by atoms with Crippen molar-refractivity contribution in [3.8, 4) is 5.75 Å². The van der Waals surface area contributed by atoms with Crippen LogP contribution < -0.4 is 4.74 Å². The molecule has 0 spiro atoms. The van der Waals surface area contributed by atoms with Crippen LogP contribution in [-0.2, 0) is 25.7 Å². The maximum Gasteiger partial charge on any atom is 0.573 e. The van der Waals surface area contributed by atoms with Crippen molar-refractivity contribution in [2.75, 3.05) is 0 Å². The maximum absolute atomic E-state index is 15.7. The number of hydrogen-bond acceptors (Lipinski definition) is 1. The minimum absolute atomic E-state index is 0.156. The lowest BCUT2D eigenvalue weighted by molar-refractivity contribution is -0.274. The first-order valence-electron chi connectivity index (χ1n) is 14.1. The number of halogens is 5. The van der Waals surface area contributed by atoms with Crippen LogP contribution in [0.25, 0.3) is 0 Å². The highest BCUT2D eigenvalue weighted by Gasteiger charge is 2.33. The van der Waals surface area contributed by atoms with Crippen LogP contribution in [0.3, 0.4) is 0 Å². The van der Waals surface area contributed by atoms with Crippen molar-refractivity contribution >= 4 is 0 Å². The Morgan fingerprint density at radius 3 is 2.10 bits per heavy atom. The molecule has 1 saturated carbocycles. The Balaban J connectivity index is 1.20. The second-order valence-corrected chi connectivity index (χ2v) is 11.2.